The van der Waals surface area contributed by atoms with Gasteiger partial charge in [0, 0.05) is 29.6 Å². The van der Waals surface area contributed by atoms with Crippen LogP contribution in [0, 0.1) is 0 Å². The number of hydrogen-bond donors (Lipinski definition) is 2. The number of hydrogen-bond acceptors (Lipinski definition) is 4. The molecule has 1 amide bonds. The minimum Gasteiger partial charge on any atom is -0.377 e. The minimum absolute atomic E-state index is 0.0580. The minimum atomic E-state index is -1.25. The summed E-state index contributed by atoms with van der Waals surface area (Å²) in [5, 5.41) is 2.18. The molecule has 0 bridgehead atoms. The van der Waals surface area contributed by atoms with Crippen molar-refractivity contribution in [3.8, 4) is 0 Å². The van der Waals surface area contributed by atoms with Gasteiger partial charge in [-0.25, -0.2) is 0 Å². The zero-order valence-corrected chi connectivity index (χ0v) is 13.2. The Labute approximate surface area is 127 Å². The van der Waals surface area contributed by atoms with E-state index in [0.29, 0.717) is 18.8 Å². The summed E-state index contributed by atoms with van der Waals surface area (Å²) in [5.41, 5.74) is 7.20. The summed E-state index contributed by atoms with van der Waals surface area (Å²) in [5.74, 6) is -0.242. The third-order valence-corrected chi connectivity index (χ3v) is 5.94. The normalized spacial score (nSPS) is 24.5. The van der Waals surface area contributed by atoms with Crippen LogP contribution in [0.5, 0.6) is 0 Å². The number of amides is 1. The molecule has 4 unspecified atom stereocenters. The second-order valence-electron chi connectivity index (χ2n) is 5.22. The van der Waals surface area contributed by atoms with E-state index in [1.54, 1.807) is 13.0 Å². The maximum atomic E-state index is 12.5. The highest BCUT2D eigenvalue weighted by Crippen LogP contribution is 2.22. The van der Waals surface area contributed by atoms with Crippen molar-refractivity contribution >= 4 is 22.4 Å². The predicted molar refractivity (Wildman–Crippen MR) is 84.4 cm³/mol. The first-order chi connectivity index (χ1) is 10.0. The van der Waals surface area contributed by atoms with Crippen molar-refractivity contribution in [1.29, 1.82) is 0 Å². The molecule has 0 aromatic heterocycles. The Morgan fingerprint density at radius 1 is 1.52 bits per heavy atom. The number of rotatable bonds is 5. The highest BCUT2D eigenvalue weighted by atomic mass is 32.2. The molecule has 4 atom stereocenters. The van der Waals surface area contributed by atoms with Crippen molar-refractivity contribution in [3.05, 3.63) is 29.8 Å². The largest absolute Gasteiger partial charge is 0.377 e. The fourth-order valence-corrected chi connectivity index (χ4v) is 4.02. The van der Waals surface area contributed by atoms with E-state index in [4.69, 9.17) is 10.5 Å². The van der Waals surface area contributed by atoms with Gasteiger partial charge in [0.05, 0.1) is 11.4 Å². The Morgan fingerprint density at radius 2 is 2.24 bits per heavy atom. The topological polar surface area (TPSA) is 81.4 Å². The average molecular weight is 310 g/mol. The third kappa shape index (κ3) is 3.70. The summed E-state index contributed by atoms with van der Waals surface area (Å²) in [6.45, 7) is 4.56. The first kappa shape index (κ1) is 16.1. The SMILES string of the molecule is CC1OCCC1S(=O)C(C)C(=O)Nc1ccccc1CN. The van der Waals surface area contributed by atoms with E-state index in [1.807, 2.05) is 25.1 Å². The van der Waals surface area contributed by atoms with Gasteiger partial charge in [-0.3, -0.25) is 9.00 Å². The molecular weight excluding hydrogens is 288 g/mol. The zero-order chi connectivity index (χ0) is 15.4. The van der Waals surface area contributed by atoms with Crippen molar-refractivity contribution in [2.45, 2.75) is 43.4 Å². The number of para-hydroxylation sites is 1. The van der Waals surface area contributed by atoms with Crippen LogP contribution in [0.3, 0.4) is 0 Å². The number of nitrogens with one attached hydrogen (secondary N) is 1. The van der Waals surface area contributed by atoms with Crippen LogP contribution in [0.25, 0.3) is 0 Å². The molecule has 6 heteroatoms. The second kappa shape index (κ2) is 7.15. The van der Waals surface area contributed by atoms with Crippen LogP contribution in [0.15, 0.2) is 24.3 Å². The van der Waals surface area contributed by atoms with E-state index >= 15 is 0 Å². The average Bonchev–Trinajstić information content (AvgIpc) is 2.92. The Hall–Kier alpha value is -1.24. The van der Waals surface area contributed by atoms with Gasteiger partial charge in [0.25, 0.3) is 0 Å². The Morgan fingerprint density at radius 3 is 2.86 bits per heavy atom. The molecule has 0 radical (unpaired) electrons. The predicted octanol–water partition coefficient (Wildman–Crippen LogP) is 1.40. The highest BCUT2D eigenvalue weighted by molar-refractivity contribution is 7.87. The maximum absolute atomic E-state index is 12.5. The lowest BCUT2D eigenvalue weighted by molar-refractivity contribution is -0.115. The van der Waals surface area contributed by atoms with Crippen LogP contribution in [-0.2, 0) is 26.9 Å². The first-order valence-electron chi connectivity index (χ1n) is 7.14. The van der Waals surface area contributed by atoms with Crippen molar-refractivity contribution in [2.24, 2.45) is 5.73 Å². The lowest BCUT2D eigenvalue weighted by Gasteiger charge is -2.19. The quantitative estimate of drug-likeness (QED) is 0.861. The van der Waals surface area contributed by atoms with Crippen molar-refractivity contribution in [2.75, 3.05) is 11.9 Å². The van der Waals surface area contributed by atoms with Gasteiger partial charge < -0.3 is 15.8 Å². The van der Waals surface area contributed by atoms with Crippen molar-refractivity contribution in [3.63, 3.8) is 0 Å². The van der Waals surface area contributed by atoms with Crippen LogP contribution < -0.4 is 11.1 Å². The molecule has 0 saturated carbocycles. The molecule has 1 heterocycles. The summed E-state index contributed by atoms with van der Waals surface area (Å²) in [6.07, 6.45) is 0.683. The van der Waals surface area contributed by atoms with Gasteiger partial charge in [0.15, 0.2) is 0 Å². The molecule has 0 aliphatic carbocycles. The lowest BCUT2D eigenvalue weighted by atomic mass is 10.2. The van der Waals surface area contributed by atoms with E-state index in [1.165, 1.54) is 0 Å². The standard InChI is InChI=1S/C15H22N2O3S/c1-10-14(7-8-20-10)21(19)11(2)15(18)17-13-6-4-3-5-12(13)9-16/h3-6,10-11,14H,7-9,16H2,1-2H3,(H,17,18). The Balaban J connectivity index is 2.04. The van der Waals surface area contributed by atoms with E-state index in [2.05, 4.69) is 5.32 Å². The van der Waals surface area contributed by atoms with Crippen molar-refractivity contribution < 1.29 is 13.7 Å². The first-order valence-corrected chi connectivity index (χ1v) is 8.42. The number of benzene rings is 1. The van der Waals surface area contributed by atoms with Crippen molar-refractivity contribution in [1.82, 2.24) is 0 Å². The summed E-state index contributed by atoms with van der Waals surface area (Å²) in [6, 6.07) is 7.38. The van der Waals surface area contributed by atoms with Gasteiger partial charge in [-0.05, 0) is 31.9 Å². The van der Waals surface area contributed by atoms with Crippen LogP contribution in [0.4, 0.5) is 5.69 Å². The van der Waals surface area contributed by atoms with Gasteiger partial charge in [0.1, 0.15) is 5.25 Å². The van der Waals surface area contributed by atoms with Crippen LogP contribution in [0.2, 0.25) is 0 Å². The smallest absolute Gasteiger partial charge is 0.239 e. The molecule has 3 N–H and O–H groups in total. The van der Waals surface area contributed by atoms with Gasteiger partial charge in [-0.2, -0.15) is 0 Å². The van der Waals surface area contributed by atoms with E-state index in [0.717, 1.165) is 12.0 Å². The molecule has 0 spiro atoms. The fourth-order valence-electron chi connectivity index (χ4n) is 2.44. The third-order valence-electron chi connectivity index (χ3n) is 3.82. The molecule has 1 aromatic rings. The van der Waals surface area contributed by atoms with Gasteiger partial charge in [0.2, 0.25) is 5.91 Å². The van der Waals surface area contributed by atoms with E-state index in [-0.39, 0.29) is 17.3 Å². The lowest BCUT2D eigenvalue weighted by Crippen LogP contribution is -2.37. The molecule has 1 fully saturated rings. The molecule has 1 saturated heterocycles. The highest BCUT2D eigenvalue weighted by Gasteiger charge is 2.34. The van der Waals surface area contributed by atoms with E-state index in [9.17, 15) is 9.00 Å². The molecular formula is C15H22N2O3S. The summed E-state index contributed by atoms with van der Waals surface area (Å²) in [4.78, 5) is 12.3. The monoisotopic (exact) mass is 310 g/mol. The van der Waals surface area contributed by atoms with Gasteiger partial charge >= 0.3 is 0 Å². The van der Waals surface area contributed by atoms with Gasteiger partial charge in [-0.1, -0.05) is 18.2 Å². The van der Waals surface area contributed by atoms with Crippen LogP contribution >= 0.6 is 0 Å². The molecule has 5 nitrogen and oxygen atoms in total. The summed E-state index contributed by atoms with van der Waals surface area (Å²) >= 11 is 0. The number of nitrogens with two attached hydrogens (primary N) is 1. The maximum Gasteiger partial charge on any atom is 0.239 e. The summed E-state index contributed by atoms with van der Waals surface area (Å²) in [7, 11) is -1.25. The second-order valence-corrected chi connectivity index (χ2v) is 7.19. The number of anilines is 1. The molecule has 1 aliphatic heterocycles. The van der Waals surface area contributed by atoms with E-state index < -0.39 is 16.0 Å². The zero-order valence-electron chi connectivity index (χ0n) is 12.4. The Kier molecular flexibility index (Phi) is 5.50. The number of ether oxygens (including phenoxy) is 1. The molecule has 21 heavy (non-hydrogen) atoms. The molecule has 116 valence electrons. The summed E-state index contributed by atoms with van der Waals surface area (Å²) < 4.78 is 17.9. The van der Waals surface area contributed by atoms with Crippen LogP contribution in [0.1, 0.15) is 25.8 Å². The molecule has 2 rings (SSSR count). The number of carbonyl (C=O) groups is 1. The van der Waals surface area contributed by atoms with Gasteiger partial charge in [-0.15, -0.1) is 0 Å². The fraction of sp³-hybridized carbons (Fsp3) is 0.533. The Bertz CT molecular complexity index is 535. The van der Waals surface area contributed by atoms with Crippen LogP contribution in [-0.4, -0.2) is 33.3 Å². The molecule has 1 aromatic carbocycles. The molecule has 1 aliphatic rings. The number of carbonyl (C=O) groups excluding carboxylic acids is 1.